The van der Waals surface area contributed by atoms with Crippen LogP contribution in [0.15, 0.2) is 24.3 Å². The second-order valence-electron chi connectivity index (χ2n) is 5.33. The molecule has 2 heterocycles. The topological polar surface area (TPSA) is 61.4 Å². The molecule has 0 aliphatic carbocycles. The Morgan fingerprint density at radius 2 is 1.70 bits per heavy atom. The van der Waals surface area contributed by atoms with E-state index in [0.717, 1.165) is 31.6 Å². The summed E-state index contributed by atoms with van der Waals surface area (Å²) in [7, 11) is 0. The molecule has 0 unspecified atom stereocenters. The van der Waals surface area contributed by atoms with E-state index in [0.29, 0.717) is 19.0 Å². The number of anilines is 1. The number of piperazine rings is 1. The Hall–Kier alpha value is -1.88. The van der Waals surface area contributed by atoms with Gasteiger partial charge in [-0.15, -0.1) is 0 Å². The molecule has 2 fully saturated rings. The van der Waals surface area contributed by atoms with Crippen molar-refractivity contribution in [3.8, 4) is 0 Å². The maximum Gasteiger partial charge on any atom is 0.316 e. The molecule has 1 aromatic rings. The normalized spacial score (nSPS) is 20.9. The van der Waals surface area contributed by atoms with Crippen LogP contribution >= 0.6 is 0 Å². The van der Waals surface area contributed by atoms with E-state index in [1.807, 2.05) is 12.1 Å². The number of carbonyl (C=O) groups is 2. The SMILES string of the molecule is O=C1NCCN(c2ccc(C3CCNCC3)cc2)C1=O. The predicted molar refractivity (Wildman–Crippen MR) is 76.6 cm³/mol. The summed E-state index contributed by atoms with van der Waals surface area (Å²) < 4.78 is 0. The van der Waals surface area contributed by atoms with E-state index < -0.39 is 11.8 Å². The molecule has 0 radical (unpaired) electrons. The zero-order valence-electron chi connectivity index (χ0n) is 11.4. The van der Waals surface area contributed by atoms with Crippen molar-refractivity contribution in [2.45, 2.75) is 18.8 Å². The molecule has 2 aliphatic heterocycles. The van der Waals surface area contributed by atoms with Gasteiger partial charge in [-0.3, -0.25) is 9.59 Å². The maximum atomic E-state index is 11.8. The van der Waals surface area contributed by atoms with Gasteiger partial charge in [-0.1, -0.05) is 12.1 Å². The number of rotatable bonds is 2. The summed E-state index contributed by atoms with van der Waals surface area (Å²) in [6, 6.07) is 8.08. The lowest BCUT2D eigenvalue weighted by atomic mass is 9.90. The number of carbonyl (C=O) groups excluding carboxylic acids is 2. The summed E-state index contributed by atoms with van der Waals surface area (Å²) >= 11 is 0. The van der Waals surface area contributed by atoms with Gasteiger partial charge in [0, 0.05) is 18.8 Å². The van der Waals surface area contributed by atoms with Crippen molar-refractivity contribution in [1.29, 1.82) is 0 Å². The smallest absolute Gasteiger partial charge is 0.316 e. The molecule has 2 saturated heterocycles. The molecular weight excluding hydrogens is 254 g/mol. The Bertz CT molecular complexity index is 506. The van der Waals surface area contributed by atoms with E-state index >= 15 is 0 Å². The van der Waals surface area contributed by atoms with Crippen molar-refractivity contribution in [2.75, 3.05) is 31.1 Å². The summed E-state index contributed by atoms with van der Waals surface area (Å²) in [5.74, 6) is -0.379. The van der Waals surface area contributed by atoms with E-state index in [1.54, 1.807) is 4.90 Å². The second kappa shape index (κ2) is 5.63. The van der Waals surface area contributed by atoms with Crippen molar-refractivity contribution >= 4 is 17.5 Å². The van der Waals surface area contributed by atoms with Crippen molar-refractivity contribution in [1.82, 2.24) is 10.6 Å². The van der Waals surface area contributed by atoms with Crippen LogP contribution in [0, 0.1) is 0 Å². The highest BCUT2D eigenvalue weighted by Gasteiger charge is 2.27. The van der Waals surface area contributed by atoms with Crippen molar-refractivity contribution in [3.63, 3.8) is 0 Å². The third-order valence-electron chi connectivity index (χ3n) is 4.08. The van der Waals surface area contributed by atoms with E-state index in [9.17, 15) is 9.59 Å². The zero-order chi connectivity index (χ0) is 13.9. The quantitative estimate of drug-likeness (QED) is 0.776. The average molecular weight is 273 g/mol. The molecule has 5 nitrogen and oxygen atoms in total. The van der Waals surface area contributed by atoms with Gasteiger partial charge in [-0.2, -0.15) is 0 Å². The van der Waals surface area contributed by atoms with Crippen LogP contribution in [0.5, 0.6) is 0 Å². The molecule has 2 amide bonds. The van der Waals surface area contributed by atoms with Gasteiger partial charge >= 0.3 is 11.8 Å². The summed E-state index contributed by atoms with van der Waals surface area (Å²) in [6.07, 6.45) is 2.31. The summed E-state index contributed by atoms with van der Waals surface area (Å²) in [6.45, 7) is 3.19. The highest BCUT2D eigenvalue weighted by Crippen LogP contribution is 2.27. The molecule has 2 N–H and O–H groups in total. The van der Waals surface area contributed by atoms with E-state index in [4.69, 9.17) is 0 Å². The molecule has 5 heteroatoms. The number of hydrogen-bond acceptors (Lipinski definition) is 3. The summed E-state index contributed by atoms with van der Waals surface area (Å²) in [4.78, 5) is 24.7. The number of benzene rings is 1. The van der Waals surface area contributed by atoms with Gasteiger partial charge in [0.05, 0.1) is 0 Å². The summed E-state index contributed by atoms with van der Waals surface area (Å²) in [5, 5.41) is 5.92. The first kappa shape index (κ1) is 13.1. The Morgan fingerprint density at radius 3 is 2.40 bits per heavy atom. The number of piperidine rings is 1. The monoisotopic (exact) mass is 273 g/mol. The maximum absolute atomic E-state index is 11.8. The lowest BCUT2D eigenvalue weighted by Crippen LogP contribution is -2.52. The minimum absolute atomic E-state index is 0.467. The Kier molecular flexibility index (Phi) is 3.69. The number of nitrogens with one attached hydrogen (secondary N) is 2. The number of amides is 2. The van der Waals surface area contributed by atoms with E-state index in [1.165, 1.54) is 5.56 Å². The fourth-order valence-electron chi connectivity index (χ4n) is 2.91. The van der Waals surface area contributed by atoms with Crippen LogP contribution < -0.4 is 15.5 Å². The van der Waals surface area contributed by atoms with Crippen LogP contribution in [0.25, 0.3) is 0 Å². The van der Waals surface area contributed by atoms with Crippen LogP contribution in [0.3, 0.4) is 0 Å². The van der Waals surface area contributed by atoms with Crippen LogP contribution in [-0.2, 0) is 9.59 Å². The van der Waals surface area contributed by atoms with Gasteiger partial charge in [-0.25, -0.2) is 0 Å². The molecule has 20 heavy (non-hydrogen) atoms. The zero-order valence-corrected chi connectivity index (χ0v) is 11.4. The molecular formula is C15H19N3O2. The molecule has 2 aliphatic rings. The standard InChI is InChI=1S/C15H19N3O2/c19-14-15(20)18(10-9-17-14)13-3-1-11(2-4-13)12-5-7-16-8-6-12/h1-4,12,16H,5-10H2,(H,17,19). The molecule has 0 spiro atoms. The highest BCUT2D eigenvalue weighted by atomic mass is 16.2. The average Bonchev–Trinajstić information content (AvgIpc) is 2.51. The highest BCUT2D eigenvalue weighted by molar-refractivity contribution is 6.41. The first-order valence-corrected chi connectivity index (χ1v) is 7.16. The van der Waals surface area contributed by atoms with E-state index in [-0.39, 0.29) is 0 Å². The minimum Gasteiger partial charge on any atom is -0.346 e. The van der Waals surface area contributed by atoms with Gasteiger partial charge in [0.1, 0.15) is 0 Å². The van der Waals surface area contributed by atoms with Gasteiger partial charge < -0.3 is 15.5 Å². The van der Waals surface area contributed by atoms with Crippen LogP contribution in [0.1, 0.15) is 24.3 Å². The van der Waals surface area contributed by atoms with Crippen molar-refractivity contribution in [3.05, 3.63) is 29.8 Å². The number of nitrogens with zero attached hydrogens (tertiary/aromatic N) is 1. The van der Waals surface area contributed by atoms with Crippen molar-refractivity contribution < 1.29 is 9.59 Å². The first-order valence-electron chi connectivity index (χ1n) is 7.16. The molecule has 0 aromatic heterocycles. The van der Waals surface area contributed by atoms with Gasteiger partial charge in [0.15, 0.2) is 0 Å². The predicted octanol–water partition coefficient (Wildman–Crippen LogP) is 0.616. The lowest BCUT2D eigenvalue weighted by molar-refractivity contribution is -0.138. The van der Waals surface area contributed by atoms with Gasteiger partial charge in [0.2, 0.25) is 0 Å². The molecule has 3 rings (SSSR count). The third kappa shape index (κ3) is 2.54. The van der Waals surface area contributed by atoms with Crippen LogP contribution in [-0.4, -0.2) is 38.0 Å². The Labute approximate surface area is 118 Å². The van der Waals surface area contributed by atoms with Crippen LogP contribution in [0.2, 0.25) is 0 Å². The van der Waals surface area contributed by atoms with Gasteiger partial charge in [0.25, 0.3) is 0 Å². The van der Waals surface area contributed by atoms with Crippen LogP contribution in [0.4, 0.5) is 5.69 Å². The van der Waals surface area contributed by atoms with Crippen molar-refractivity contribution in [2.24, 2.45) is 0 Å². The number of hydrogen-bond donors (Lipinski definition) is 2. The van der Waals surface area contributed by atoms with E-state index in [2.05, 4.69) is 22.8 Å². The molecule has 0 saturated carbocycles. The fraction of sp³-hybridized carbons (Fsp3) is 0.467. The molecule has 1 aromatic carbocycles. The van der Waals surface area contributed by atoms with Gasteiger partial charge in [-0.05, 0) is 49.5 Å². The summed E-state index contributed by atoms with van der Waals surface area (Å²) in [5.41, 5.74) is 2.13. The second-order valence-corrected chi connectivity index (χ2v) is 5.33. The fourth-order valence-corrected chi connectivity index (χ4v) is 2.91. The molecule has 106 valence electrons. The molecule has 0 atom stereocenters. The Balaban J connectivity index is 1.75. The molecule has 0 bridgehead atoms. The largest absolute Gasteiger partial charge is 0.346 e. The Morgan fingerprint density at radius 1 is 1.00 bits per heavy atom. The first-order chi connectivity index (χ1) is 9.75. The minimum atomic E-state index is -0.515. The lowest BCUT2D eigenvalue weighted by Gasteiger charge is -2.27. The third-order valence-corrected chi connectivity index (χ3v) is 4.08.